The molecular formula is C15H12N4S. The van der Waals surface area contributed by atoms with Crippen LogP contribution < -0.4 is 0 Å². The van der Waals surface area contributed by atoms with Gasteiger partial charge in [0.2, 0.25) is 0 Å². The molecule has 0 atom stereocenters. The second kappa shape index (κ2) is 6.18. The molecule has 1 heterocycles. The van der Waals surface area contributed by atoms with Crippen LogP contribution in [-0.2, 0) is 5.75 Å². The van der Waals surface area contributed by atoms with E-state index >= 15 is 0 Å². The molecule has 0 saturated heterocycles. The molecule has 0 aliphatic heterocycles. The van der Waals surface area contributed by atoms with Crippen LogP contribution >= 0.6 is 11.8 Å². The molecule has 20 heavy (non-hydrogen) atoms. The van der Waals surface area contributed by atoms with Crippen molar-refractivity contribution in [2.75, 3.05) is 0 Å². The standard InChI is InChI=1S/C15H12N4S/c1-10-14(8-17)15(19-11(2)18-10)20-9-13-5-3-12(7-16)4-6-13/h3-6H,9H2,1-2H3. The SMILES string of the molecule is Cc1nc(C)c(C#N)c(SCc2ccc(C#N)cc2)n1. The fourth-order valence-corrected chi connectivity index (χ4v) is 2.77. The molecule has 1 aromatic heterocycles. The van der Waals surface area contributed by atoms with Crippen LogP contribution in [0, 0.1) is 36.5 Å². The van der Waals surface area contributed by atoms with Gasteiger partial charge in [0.1, 0.15) is 22.5 Å². The van der Waals surface area contributed by atoms with Gasteiger partial charge in [-0.05, 0) is 31.5 Å². The van der Waals surface area contributed by atoms with Crippen molar-refractivity contribution < 1.29 is 0 Å². The zero-order valence-corrected chi connectivity index (χ0v) is 12.0. The molecule has 0 bridgehead atoms. The monoisotopic (exact) mass is 280 g/mol. The number of aryl methyl sites for hydroxylation is 2. The minimum atomic E-state index is 0.536. The van der Waals surface area contributed by atoms with Crippen molar-refractivity contribution in [1.82, 2.24) is 9.97 Å². The summed E-state index contributed by atoms with van der Waals surface area (Å²) in [4.78, 5) is 8.53. The van der Waals surface area contributed by atoms with E-state index in [1.165, 1.54) is 11.8 Å². The summed E-state index contributed by atoms with van der Waals surface area (Å²) in [6.07, 6.45) is 0. The number of nitriles is 2. The van der Waals surface area contributed by atoms with Crippen LogP contribution in [0.1, 0.15) is 28.2 Å². The van der Waals surface area contributed by atoms with Gasteiger partial charge < -0.3 is 0 Å². The molecule has 0 aliphatic carbocycles. The highest BCUT2D eigenvalue weighted by molar-refractivity contribution is 7.98. The fraction of sp³-hybridized carbons (Fsp3) is 0.200. The fourth-order valence-electron chi connectivity index (χ4n) is 1.74. The third kappa shape index (κ3) is 3.14. The molecule has 5 heteroatoms. The van der Waals surface area contributed by atoms with E-state index in [9.17, 15) is 5.26 Å². The van der Waals surface area contributed by atoms with Crippen LogP contribution in [0.15, 0.2) is 29.3 Å². The van der Waals surface area contributed by atoms with Crippen molar-refractivity contribution >= 4 is 11.8 Å². The average molecular weight is 280 g/mol. The summed E-state index contributed by atoms with van der Waals surface area (Å²) in [5.41, 5.74) is 2.98. The van der Waals surface area contributed by atoms with Crippen LogP contribution in [0.3, 0.4) is 0 Å². The molecule has 0 amide bonds. The Hall–Kier alpha value is -2.37. The highest BCUT2D eigenvalue weighted by Crippen LogP contribution is 2.25. The van der Waals surface area contributed by atoms with Gasteiger partial charge in [-0.25, -0.2) is 9.97 Å². The number of hydrogen-bond acceptors (Lipinski definition) is 5. The number of rotatable bonds is 3. The van der Waals surface area contributed by atoms with Gasteiger partial charge >= 0.3 is 0 Å². The zero-order valence-electron chi connectivity index (χ0n) is 11.2. The average Bonchev–Trinajstić information content (AvgIpc) is 2.45. The van der Waals surface area contributed by atoms with Crippen LogP contribution in [0.5, 0.6) is 0 Å². The summed E-state index contributed by atoms with van der Waals surface area (Å²) in [5, 5.41) is 18.6. The van der Waals surface area contributed by atoms with Crippen LogP contribution in [0.4, 0.5) is 0 Å². The highest BCUT2D eigenvalue weighted by Gasteiger charge is 2.10. The summed E-state index contributed by atoms with van der Waals surface area (Å²) in [7, 11) is 0. The zero-order chi connectivity index (χ0) is 14.5. The van der Waals surface area contributed by atoms with E-state index in [-0.39, 0.29) is 0 Å². The molecular weight excluding hydrogens is 268 g/mol. The summed E-state index contributed by atoms with van der Waals surface area (Å²) in [5.74, 6) is 1.37. The first-order valence-electron chi connectivity index (χ1n) is 6.01. The first-order chi connectivity index (χ1) is 9.63. The summed E-state index contributed by atoms with van der Waals surface area (Å²) in [6, 6.07) is 11.7. The Morgan fingerprint density at radius 3 is 2.35 bits per heavy atom. The lowest BCUT2D eigenvalue weighted by molar-refractivity contribution is 0.923. The van der Waals surface area contributed by atoms with Crippen molar-refractivity contribution in [2.45, 2.75) is 24.6 Å². The maximum atomic E-state index is 9.18. The number of aromatic nitrogens is 2. The van der Waals surface area contributed by atoms with E-state index in [0.717, 1.165) is 5.56 Å². The van der Waals surface area contributed by atoms with Gasteiger partial charge in [-0.1, -0.05) is 12.1 Å². The van der Waals surface area contributed by atoms with E-state index in [0.29, 0.717) is 33.4 Å². The van der Waals surface area contributed by atoms with Crippen LogP contribution in [0.2, 0.25) is 0 Å². The van der Waals surface area contributed by atoms with Crippen LogP contribution in [0.25, 0.3) is 0 Å². The van der Waals surface area contributed by atoms with Crippen molar-refractivity contribution in [3.63, 3.8) is 0 Å². The second-order valence-electron chi connectivity index (χ2n) is 4.25. The molecule has 0 radical (unpaired) electrons. The third-order valence-corrected chi connectivity index (χ3v) is 3.79. The van der Waals surface area contributed by atoms with Gasteiger partial charge in [0, 0.05) is 5.75 Å². The van der Waals surface area contributed by atoms with Gasteiger partial charge in [0.05, 0.1) is 17.3 Å². The second-order valence-corrected chi connectivity index (χ2v) is 5.21. The van der Waals surface area contributed by atoms with Gasteiger partial charge in [0.15, 0.2) is 0 Å². The maximum absolute atomic E-state index is 9.18. The normalized spacial score (nSPS) is 9.80. The van der Waals surface area contributed by atoms with Gasteiger partial charge in [-0.2, -0.15) is 10.5 Å². The lowest BCUT2D eigenvalue weighted by Crippen LogP contribution is -1.99. The lowest BCUT2D eigenvalue weighted by atomic mass is 10.2. The van der Waals surface area contributed by atoms with Gasteiger partial charge in [-0.3, -0.25) is 0 Å². The van der Waals surface area contributed by atoms with E-state index in [2.05, 4.69) is 22.1 Å². The quantitative estimate of drug-likeness (QED) is 0.638. The molecule has 0 unspecified atom stereocenters. The van der Waals surface area contributed by atoms with Crippen molar-refractivity contribution in [2.24, 2.45) is 0 Å². The first kappa shape index (κ1) is 14.0. The minimum Gasteiger partial charge on any atom is -0.237 e. The topological polar surface area (TPSA) is 73.4 Å². The van der Waals surface area contributed by atoms with E-state index in [1.807, 2.05) is 26.0 Å². The van der Waals surface area contributed by atoms with Gasteiger partial charge in [0.25, 0.3) is 0 Å². The Kier molecular flexibility index (Phi) is 4.34. The molecule has 98 valence electrons. The molecule has 0 aliphatic rings. The van der Waals surface area contributed by atoms with E-state index in [4.69, 9.17) is 5.26 Å². The van der Waals surface area contributed by atoms with Crippen LogP contribution in [-0.4, -0.2) is 9.97 Å². The van der Waals surface area contributed by atoms with E-state index < -0.39 is 0 Å². The number of benzene rings is 1. The Labute approximate surface area is 122 Å². The Balaban J connectivity index is 2.18. The molecule has 0 saturated carbocycles. The molecule has 1 aromatic carbocycles. The summed E-state index contributed by atoms with van der Waals surface area (Å²) >= 11 is 1.51. The Bertz CT molecular complexity index is 708. The largest absolute Gasteiger partial charge is 0.237 e. The van der Waals surface area contributed by atoms with Gasteiger partial charge in [-0.15, -0.1) is 11.8 Å². The number of hydrogen-bond donors (Lipinski definition) is 0. The maximum Gasteiger partial charge on any atom is 0.126 e. The van der Waals surface area contributed by atoms with Crippen molar-refractivity contribution in [1.29, 1.82) is 10.5 Å². The molecule has 0 spiro atoms. The molecule has 2 rings (SSSR count). The third-order valence-electron chi connectivity index (χ3n) is 2.74. The van der Waals surface area contributed by atoms with E-state index in [1.54, 1.807) is 12.1 Å². The predicted octanol–water partition coefficient (Wildman–Crippen LogP) is 3.13. The predicted molar refractivity (Wildman–Crippen MR) is 76.9 cm³/mol. The first-order valence-corrected chi connectivity index (χ1v) is 6.99. The Morgan fingerprint density at radius 1 is 1.05 bits per heavy atom. The minimum absolute atomic E-state index is 0.536. The molecule has 2 aromatic rings. The molecule has 0 fully saturated rings. The summed E-state index contributed by atoms with van der Waals surface area (Å²) in [6.45, 7) is 3.64. The van der Waals surface area contributed by atoms with Crippen molar-refractivity contribution in [3.8, 4) is 12.1 Å². The lowest BCUT2D eigenvalue weighted by Gasteiger charge is -2.06. The highest BCUT2D eigenvalue weighted by atomic mass is 32.2. The molecule has 4 nitrogen and oxygen atoms in total. The number of nitrogens with zero attached hydrogens (tertiary/aromatic N) is 4. The molecule has 0 N–H and O–H groups in total. The number of thioether (sulfide) groups is 1. The summed E-state index contributed by atoms with van der Waals surface area (Å²) < 4.78 is 0. The smallest absolute Gasteiger partial charge is 0.126 e. The van der Waals surface area contributed by atoms with Crippen molar-refractivity contribution in [3.05, 3.63) is 52.5 Å². The Morgan fingerprint density at radius 2 is 1.75 bits per heavy atom.